The minimum Gasteiger partial charge on any atom is -0.289 e. The summed E-state index contributed by atoms with van der Waals surface area (Å²) in [4.78, 5) is 27.3. The number of rotatable bonds is 1. The summed E-state index contributed by atoms with van der Waals surface area (Å²) in [5.41, 5.74) is 0.564. The molecule has 14 heavy (non-hydrogen) atoms. The summed E-state index contributed by atoms with van der Waals surface area (Å²) < 4.78 is 0. The summed E-state index contributed by atoms with van der Waals surface area (Å²) in [5, 5.41) is 0. The molecule has 0 fully saturated rings. The van der Waals surface area contributed by atoms with Crippen molar-refractivity contribution in [2.75, 3.05) is 6.54 Å². The van der Waals surface area contributed by atoms with Gasteiger partial charge in [0.05, 0.1) is 0 Å². The number of carbonyl (C=O) groups excluding carboxylic acids is 2. The Morgan fingerprint density at radius 2 is 2.00 bits per heavy atom. The van der Waals surface area contributed by atoms with Crippen molar-refractivity contribution in [1.82, 2.24) is 4.90 Å². The summed E-state index contributed by atoms with van der Waals surface area (Å²) >= 11 is 0. The standard InChI is InChI=1S/C10H8N2O2/c13-9-6-12(7-11-9)10(14)8-4-2-1-3-5-8/h1-5,7H,6H2. The van der Waals surface area contributed by atoms with Crippen LogP contribution in [0.5, 0.6) is 0 Å². The first-order chi connectivity index (χ1) is 6.77. The molecule has 0 atom stereocenters. The first kappa shape index (κ1) is 8.62. The van der Waals surface area contributed by atoms with Crippen molar-refractivity contribution in [1.29, 1.82) is 0 Å². The molecule has 0 unspecified atom stereocenters. The van der Waals surface area contributed by atoms with Crippen LogP contribution in [0.3, 0.4) is 0 Å². The van der Waals surface area contributed by atoms with Crippen LogP contribution >= 0.6 is 0 Å². The van der Waals surface area contributed by atoms with Crippen LogP contribution in [0.4, 0.5) is 0 Å². The highest BCUT2D eigenvalue weighted by Crippen LogP contribution is 2.05. The second-order valence-electron chi connectivity index (χ2n) is 2.94. The van der Waals surface area contributed by atoms with Crippen LogP contribution in [-0.2, 0) is 4.79 Å². The quantitative estimate of drug-likeness (QED) is 0.651. The highest BCUT2D eigenvalue weighted by Gasteiger charge is 2.20. The van der Waals surface area contributed by atoms with E-state index >= 15 is 0 Å². The topological polar surface area (TPSA) is 49.7 Å². The fourth-order valence-corrected chi connectivity index (χ4v) is 1.23. The van der Waals surface area contributed by atoms with Crippen LogP contribution in [-0.4, -0.2) is 29.6 Å². The fraction of sp³-hybridized carbons (Fsp3) is 0.100. The van der Waals surface area contributed by atoms with E-state index in [1.165, 1.54) is 11.2 Å². The number of aliphatic imine (C=N–C) groups is 1. The summed E-state index contributed by atoms with van der Waals surface area (Å²) in [5.74, 6) is -0.477. The predicted molar refractivity (Wildman–Crippen MR) is 51.0 cm³/mol. The molecule has 0 aliphatic carbocycles. The molecule has 2 rings (SSSR count). The zero-order valence-corrected chi connectivity index (χ0v) is 7.38. The highest BCUT2D eigenvalue weighted by atomic mass is 16.2. The van der Waals surface area contributed by atoms with Gasteiger partial charge in [-0.15, -0.1) is 0 Å². The molecule has 4 heteroatoms. The van der Waals surface area contributed by atoms with Crippen LogP contribution in [0.1, 0.15) is 10.4 Å². The minimum atomic E-state index is -0.283. The van der Waals surface area contributed by atoms with E-state index < -0.39 is 0 Å². The van der Waals surface area contributed by atoms with Gasteiger partial charge >= 0.3 is 0 Å². The first-order valence-corrected chi connectivity index (χ1v) is 4.20. The molecular formula is C10H8N2O2. The molecular weight excluding hydrogens is 180 g/mol. The van der Waals surface area contributed by atoms with Crippen molar-refractivity contribution < 1.29 is 9.59 Å². The Labute approximate surface area is 80.9 Å². The molecule has 1 aromatic rings. The SMILES string of the molecule is O=C1CN(C(=O)c2ccccc2)C=N1. The average molecular weight is 188 g/mol. The number of benzene rings is 1. The van der Waals surface area contributed by atoms with Crippen molar-refractivity contribution in [3.05, 3.63) is 35.9 Å². The third-order valence-electron chi connectivity index (χ3n) is 1.93. The van der Waals surface area contributed by atoms with E-state index in [2.05, 4.69) is 4.99 Å². The molecule has 70 valence electrons. The lowest BCUT2D eigenvalue weighted by Crippen LogP contribution is -2.28. The van der Waals surface area contributed by atoms with E-state index in [1.54, 1.807) is 24.3 Å². The monoisotopic (exact) mass is 188 g/mol. The van der Waals surface area contributed by atoms with Gasteiger partial charge < -0.3 is 0 Å². The number of carbonyl (C=O) groups is 2. The molecule has 0 saturated carbocycles. The van der Waals surface area contributed by atoms with Crippen molar-refractivity contribution in [3.8, 4) is 0 Å². The van der Waals surface area contributed by atoms with E-state index in [9.17, 15) is 9.59 Å². The molecule has 1 aromatic carbocycles. The first-order valence-electron chi connectivity index (χ1n) is 4.20. The largest absolute Gasteiger partial charge is 0.289 e. The molecule has 0 N–H and O–H groups in total. The molecule has 0 spiro atoms. The van der Waals surface area contributed by atoms with Gasteiger partial charge in [-0.1, -0.05) is 18.2 Å². The van der Waals surface area contributed by atoms with Gasteiger partial charge in [-0.05, 0) is 12.1 Å². The highest BCUT2D eigenvalue weighted by molar-refractivity contribution is 6.07. The second-order valence-corrected chi connectivity index (χ2v) is 2.94. The number of amides is 2. The average Bonchev–Trinajstić information content (AvgIpc) is 2.65. The lowest BCUT2D eigenvalue weighted by molar-refractivity contribution is -0.116. The molecule has 1 aliphatic heterocycles. The summed E-state index contributed by atoms with van der Waals surface area (Å²) in [6.07, 6.45) is 1.28. The lowest BCUT2D eigenvalue weighted by Gasteiger charge is -2.09. The molecule has 1 heterocycles. The van der Waals surface area contributed by atoms with Gasteiger partial charge in [0.25, 0.3) is 11.8 Å². The fourth-order valence-electron chi connectivity index (χ4n) is 1.23. The Morgan fingerprint density at radius 1 is 1.29 bits per heavy atom. The molecule has 4 nitrogen and oxygen atoms in total. The molecule has 0 aromatic heterocycles. The van der Waals surface area contributed by atoms with E-state index in [1.807, 2.05) is 6.07 Å². The molecule has 0 saturated heterocycles. The Bertz CT molecular complexity index is 398. The summed E-state index contributed by atoms with van der Waals surface area (Å²) in [6, 6.07) is 8.81. The van der Waals surface area contributed by atoms with Gasteiger partial charge in [-0.25, -0.2) is 4.99 Å². The third kappa shape index (κ3) is 1.54. The normalized spacial score (nSPS) is 14.9. The maximum Gasteiger partial charge on any atom is 0.267 e. The smallest absolute Gasteiger partial charge is 0.267 e. The van der Waals surface area contributed by atoms with E-state index in [0.29, 0.717) is 5.56 Å². The van der Waals surface area contributed by atoms with Gasteiger partial charge in [0.15, 0.2) is 0 Å². The summed E-state index contributed by atoms with van der Waals surface area (Å²) in [7, 11) is 0. The Balaban J connectivity index is 2.18. The van der Waals surface area contributed by atoms with Crippen LogP contribution < -0.4 is 0 Å². The van der Waals surface area contributed by atoms with Crippen molar-refractivity contribution in [3.63, 3.8) is 0 Å². The van der Waals surface area contributed by atoms with Gasteiger partial charge in [0.1, 0.15) is 12.9 Å². The van der Waals surface area contributed by atoms with Gasteiger partial charge in [0.2, 0.25) is 0 Å². The molecule has 2 amide bonds. The second kappa shape index (κ2) is 3.41. The third-order valence-corrected chi connectivity index (χ3v) is 1.93. The lowest BCUT2D eigenvalue weighted by atomic mass is 10.2. The maximum atomic E-state index is 11.7. The van der Waals surface area contributed by atoms with Crippen LogP contribution in [0.25, 0.3) is 0 Å². The van der Waals surface area contributed by atoms with E-state index in [4.69, 9.17) is 0 Å². The maximum absolute atomic E-state index is 11.7. The minimum absolute atomic E-state index is 0.0493. The zero-order chi connectivity index (χ0) is 9.97. The molecule has 1 aliphatic rings. The van der Waals surface area contributed by atoms with Crippen LogP contribution in [0.15, 0.2) is 35.3 Å². The van der Waals surface area contributed by atoms with Crippen molar-refractivity contribution in [2.45, 2.75) is 0 Å². The van der Waals surface area contributed by atoms with Crippen LogP contribution in [0, 0.1) is 0 Å². The van der Waals surface area contributed by atoms with Crippen LogP contribution in [0.2, 0.25) is 0 Å². The Morgan fingerprint density at radius 3 is 2.57 bits per heavy atom. The van der Waals surface area contributed by atoms with E-state index in [0.717, 1.165) is 0 Å². The Kier molecular flexibility index (Phi) is 2.10. The van der Waals surface area contributed by atoms with Gasteiger partial charge in [-0.3, -0.25) is 14.5 Å². The number of hydrogen-bond acceptors (Lipinski definition) is 2. The number of hydrogen-bond donors (Lipinski definition) is 0. The summed E-state index contributed by atoms with van der Waals surface area (Å²) in [6.45, 7) is 0.0493. The molecule has 0 bridgehead atoms. The van der Waals surface area contributed by atoms with E-state index in [-0.39, 0.29) is 18.4 Å². The van der Waals surface area contributed by atoms with Crippen molar-refractivity contribution >= 4 is 18.2 Å². The van der Waals surface area contributed by atoms with Gasteiger partial charge in [0, 0.05) is 5.56 Å². The zero-order valence-electron chi connectivity index (χ0n) is 7.38. The van der Waals surface area contributed by atoms with Gasteiger partial charge in [-0.2, -0.15) is 0 Å². The number of nitrogens with zero attached hydrogens (tertiary/aromatic N) is 2. The Hall–Kier alpha value is -1.97. The molecule has 0 radical (unpaired) electrons. The van der Waals surface area contributed by atoms with Crippen molar-refractivity contribution in [2.24, 2.45) is 4.99 Å². The predicted octanol–water partition coefficient (Wildman–Crippen LogP) is 0.697.